The molecule has 0 aliphatic carbocycles. The van der Waals surface area contributed by atoms with E-state index in [1.54, 1.807) is 25.6 Å². The van der Waals surface area contributed by atoms with Crippen LogP contribution in [0.4, 0.5) is 0 Å². The minimum absolute atomic E-state index is 0.0350. The van der Waals surface area contributed by atoms with Crippen molar-refractivity contribution in [2.24, 2.45) is 5.73 Å². The number of nitrogens with two attached hydrogens (primary N) is 1. The fourth-order valence-corrected chi connectivity index (χ4v) is 1.77. The Morgan fingerprint density at radius 1 is 1.47 bits per heavy atom. The number of nitrogens with one attached hydrogen (secondary N) is 1. The smallest absolute Gasteiger partial charge is 0.303 e. The van der Waals surface area contributed by atoms with Crippen LogP contribution in [0.15, 0.2) is 0 Å². The molecular weight excluding hydrogens is 240 g/mol. The quantitative estimate of drug-likeness (QED) is 0.602. The maximum absolute atomic E-state index is 11.7. The summed E-state index contributed by atoms with van der Waals surface area (Å²) in [5.74, 6) is -0.238. The standard InChI is InChI=1S/C11H22N2O3S/c1-11(2,6-4-9(14)15)13-10(16)8(12)5-7-17-3/h8H,4-7,12H2,1-3H3,(H,13,16)(H,14,15)/t8-/m1/s1. The Bertz CT molecular complexity index is 269. The van der Waals surface area contributed by atoms with E-state index in [1.807, 2.05) is 6.26 Å². The van der Waals surface area contributed by atoms with Gasteiger partial charge in [0.2, 0.25) is 5.91 Å². The minimum atomic E-state index is -0.862. The first-order chi connectivity index (χ1) is 7.78. The highest BCUT2D eigenvalue weighted by atomic mass is 32.2. The largest absolute Gasteiger partial charge is 0.481 e. The van der Waals surface area contributed by atoms with E-state index in [-0.39, 0.29) is 12.3 Å². The SMILES string of the molecule is CSCC[C@@H](N)C(=O)NC(C)(C)CCC(=O)O. The van der Waals surface area contributed by atoms with Gasteiger partial charge in [0.15, 0.2) is 0 Å². The number of thioether (sulfide) groups is 1. The average molecular weight is 262 g/mol. The normalized spacial score (nSPS) is 13.2. The zero-order valence-electron chi connectivity index (χ0n) is 10.7. The number of amides is 1. The van der Waals surface area contributed by atoms with Gasteiger partial charge in [-0.3, -0.25) is 9.59 Å². The zero-order valence-corrected chi connectivity index (χ0v) is 11.5. The molecule has 0 saturated carbocycles. The number of hydrogen-bond donors (Lipinski definition) is 3. The van der Waals surface area contributed by atoms with Crippen LogP contribution in [0.3, 0.4) is 0 Å². The van der Waals surface area contributed by atoms with Crippen molar-refractivity contribution in [2.75, 3.05) is 12.0 Å². The molecule has 5 nitrogen and oxygen atoms in total. The monoisotopic (exact) mass is 262 g/mol. The van der Waals surface area contributed by atoms with Crippen LogP contribution in [0.2, 0.25) is 0 Å². The summed E-state index contributed by atoms with van der Waals surface area (Å²) in [6.45, 7) is 3.60. The number of carboxylic acid groups (broad SMARTS) is 1. The van der Waals surface area contributed by atoms with Crippen LogP contribution < -0.4 is 11.1 Å². The second-order valence-electron chi connectivity index (χ2n) is 4.65. The van der Waals surface area contributed by atoms with E-state index in [1.165, 1.54) is 0 Å². The molecule has 0 aromatic heterocycles. The molecule has 17 heavy (non-hydrogen) atoms. The van der Waals surface area contributed by atoms with Crippen molar-refractivity contribution in [3.8, 4) is 0 Å². The summed E-state index contributed by atoms with van der Waals surface area (Å²) in [6.07, 6.45) is 3.01. The van der Waals surface area contributed by atoms with Crippen LogP contribution in [0.5, 0.6) is 0 Å². The van der Waals surface area contributed by atoms with E-state index in [9.17, 15) is 9.59 Å². The molecule has 4 N–H and O–H groups in total. The summed E-state index contributed by atoms with van der Waals surface area (Å²) in [5.41, 5.74) is 5.19. The fraction of sp³-hybridized carbons (Fsp3) is 0.818. The molecule has 6 heteroatoms. The molecule has 0 saturated heterocycles. The Labute approximate surface area is 107 Å². The Morgan fingerprint density at radius 2 is 2.06 bits per heavy atom. The molecular formula is C11H22N2O3S. The highest BCUT2D eigenvalue weighted by Crippen LogP contribution is 2.11. The molecule has 0 aliphatic rings. The van der Waals surface area contributed by atoms with Crippen LogP contribution in [0.25, 0.3) is 0 Å². The molecule has 0 radical (unpaired) electrons. The average Bonchev–Trinajstić information content (AvgIpc) is 2.22. The van der Waals surface area contributed by atoms with Gasteiger partial charge in [-0.25, -0.2) is 0 Å². The Morgan fingerprint density at radius 3 is 2.53 bits per heavy atom. The molecule has 0 unspecified atom stereocenters. The summed E-state index contributed by atoms with van der Waals surface area (Å²) >= 11 is 1.64. The molecule has 0 aromatic rings. The first kappa shape index (κ1) is 16.2. The summed E-state index contributed by atoms with van der Waals surface area (Å²) in [6, 6.07) is -0.522. The van der Waals surface area contributed by atoms with Gasteiger partial charge < -0.3 is 16.2 Å². The van der Waals surface area contributed by atoms with Gasteiger partial charge in [0.05, 0.1) is 6.04 Å². The Balaban J connectivity index is 4.11. The lowest BCUT2D eigenvalue weighted by Gasteiger charge is -2.27. The maximum atomic E-state index is 11.7. The lowest BCUT2D eigenvalue weighted by molar-refractivity contribution is -0.137. The Kier molecular flexibility index (Phi) is 7.22. The van der Waals surface area contributed by atoms with Gasteiger partial charge >= 0.3 is 5.97 Å². The number of carbonyl (C=O) groups excluding carboxylic acids is 1. The van der Waals surface area contributed by atoms with E-state index >= 15 is 0 Å². The van der Waals surface area contributed by atoms with Gasteiger partial charge in [-0.05, 0) is 38.7 Å². The number of hydrogen-bond acceptors (Lipinski definition) is 4. The van der Waals surface area contributed by atoms with E-state index in [0.29, 0.717) is 12.8 Å². The fourth-order valence-electron chi connectivity index (χ4n) is 1.28. The van der Waals surface area contributed by atoms with Gasteiger partial charge in [0.1, 0.15) is 0 Å². The van der Waals surface area contributed by atoms with Crippen LogP contribution in [0.1, 0.15) is 33.1 Å². The number of carboxylic acids is 1. The highest BCUT2D eigenvalue weighted by molar-refractivity contribution is 7.98. The van der Waals surface area contributed by atoms with Crippen molar-refractivity contribution in [2.45, 2.75) is 44.7 Å². The van der Waals surface area contributed by atoms with Gasteiger partial charge in [-0.15, -0.1) is 0 Å². The molecule has 1 atom stereocenters. The van der Waals surface area contributed by atoms with E-state index < -0.39 is 17.6 Å². The molecule has 0 rings (SSSR count). The van der Waals surface area contributed by atoms with Crippen molar-refractivity contribution in [3.05, 3.63) is 0 Å². The molecule has 0 aromatic carbocycles. The first-order valence-electron chi connectivity index (χ1n) is 5.57. The topological polar surface area (TPSA) is 92.4 Å². The van der Waals surface area contributed by atoms with Crippen LogP contribution >= 0.6 is 11.8 Å². The van der Waals surface area contributed by atoms with Crippen molar-refractivity contribution < 1.29 is 14.7 Å². The zero-order chi connectivity index (χ0) is 13.5. The third-order valence-electron chi connectivity index (χ3n) is 2.40. The molecule has 0 heterocycles. The summed E-state index contributed by atoms with van der Waals surface area (Å²) in [4.78, 5) is 22.2. The number of carbonyl (C=O) groups is 2. The lowest BCUT2D eigenvalue weighted by Crippen LogP contribution is -2.50. The number of aliphatic carboxylic acids is 1. The van der Waals surface area contributed by atoms with Gasteiger partial charge in [-0.2, -0.15) is 11.8 Å². The molecule has 0 fully saturated rings. The predicted octanol–water partition coefficient (Wildman–Crippen LogP) is 0.826. The van der Waals surface area contributed by atoms with Crippen LogP contribution in [-0.4, -0.2) is 40.6 Å². The second kappa shape index (κ2) is 7.55. The molecule has 1 amide bonds. The predicted molar refractivity (Wildman–Crippen MR) is 70.1 cm³/mol. The maximum Gasteiger partial charge on any atom is 0.303 e. The van der Waals surface area contributed by atoms with E-state index in [2.05, 4.69) is 5.32 Å². The molecule has 0 bridgehead atoms. The van der Waals surface area contributed by atoms with Crippen molar-refractivity contribution in [1.82, 2.24) is 5.32 Å². The van der Waals surface area contributed by atoms with E-state index in [4.69, 9.17) is 10.8 Å². The first-order valence-corrected chi connectivity index (χ1v) is 6.96. The lowest BCUT2D eigenvalue weighted by atomic mass is 9.97. The minimum Gasteiger partial charge on any atom is -0.481 e. The molecule has 0 spiro atoms. The Hall–Kier alpha value is -0.750. The van der Waals surface area contributed by atoms with Crippen molar-refractivity contribution in [1.29, 1.82) is 0 Å². The van der Waals surface area contributed by atoms with Gasteiger partial charge in [0.25, 0.3) is 0 Å². The molecule has 0 aliphatic heterocycles. The second-order valence-corrected chi connectivity index (χ2v) is 5.64. The summed E-state index contributed by atoms with van der Waals surface area (Å²) in [5, 5.41) is 11.4. The van der Waals surface area contributed by atoms with Gasteiger partial charge in [0, 0.05) is 12.0 Å². The summed E-state index contributed by atoms with van der Waals surface area (Å²) in [7, 11) is 0. The third kappa shape index (κ3) is 8.04. The summed E-state index contributed by atoms with van der Waals surface area (Å²) < 4.78 is 0. The third-order valence-corrected chi connectivity index (χ3v) is 3.04. The van der Waals surface area contributed by atoms with E-state index in [0.717, 1.165) is 5.75 Å². The van der Waals surface area contributed by atoms with Crippen LogP contribution in [-0.2, 0) is 9.59 Å². The molecule has 100 valence electrons. The van der Waals surface area contributed by atoms with Crippen LogP contribution in [0, 0.1) is 0 Å². The number of rotatable bonds is 8. The van der Waals surface area contributed by atoms with Crippen molar-refractivity contribution in [3.63, 3.8) is 0 Å². The van der Waals surface area contributed by atoms with Gasteiger partial charge in [-0.1, -0.05) is 0 Å². The highest BCUT2D eigenvalue weighted by Gasteiger charge is 2.24. The van der Waals surface area contributed by atoms with Crippen molar-refractivity contribution >= 4 is 23.6 Å².